The van der Waals surface area contributed by atoms with Crippen molar-refractivity contribution in [2.75, 3.05) is 19.6 Å². The van der Waals surface area contributed by atoms with E-state index < -0.39 is 0 Å². The topological polar surface area (TPSA) is 21.1 Å². The van der Waals surface area contributed by atoms with Gasteiger partial charge in [-0.15, -0.1) is 0 Å². The number of piperidine rings is 1. The highest BCUT2D eigenvalue weighted by molar-refractivity contribution is 5.14. The third-order valence-corrected chi connectivity index (χ3v) is 3.94. The van der Waals surface area contributed by atoms with Gasteiger partial charge in [0.2, 0.25) is 0 Å². The van der Waals surface area contributed by atoms with Crippen LogP contribution < -0.4 is 10.2 Å². The molecule has 1 fully saturated rings. The average molecular weight is 252 g/mol. The summed E-state index contributed by atoms with van der Waals surface area (Å²) in [6, 6.07) is 7.65. The summed E-state index contributed by atoms with van der Waals surface area (Å²) < 4.78 is 12.8. The highest BCUT2D eigenvalue weighted by atomic mass is 19.1. The van der Waals surface area contributed by atoms with Crippen molar-refractivity contribution in [1.29, 1.82) is 0 Å². The molecular formula is C15H25FN2+2. The van der Waals surface area contributed by atoms with Gasteiger partial charge in [-0.25, -0.2) is 4.39 Å². The molecule has 0 bridgehead atoms. The number of rotatable bonds is 5. The SMILES string of the molecule is CCC[NH+]1CCC([NH2+]Cc2ccc(F)cc2)CC1. The normalized spacial score (nSPS) is 24.1. The molecule has 0 atom stereocenters. The lowest BCUT2D eigenvalue weighted by atomic mass is 10.0. The van der Waals surface area contributed by atoms with Gasteiger partial charge in [0.05, 0.1) is 25.7 Å². The van der Waals surface area contributed by atoms with Crippen LogP contribution in [0.4, 0.5) is 4.39 Å². The Labute approximate surface area is 109 Å². The van der Waals surface area contributed by atoms with Crippen LogP contribution in [0.25, 0.3) is 0 Å². The number of nitrogens with two attached hydrogens (primary N) is 1. The first kappa shape index (κ1) is 13.5. The van der Waals surface area contributed by atoms with Crippen LogP contribution in [-0.4, -0.2) is 25.7 Å². The van der Waals surface area contributed by atoms with Gasteiger partial charge < -0.3 is 10.2 Å². The van der Waals surface area contributed by atoms with Crippen LogP contribution in [0, 0.1) is 5.82 Å². The van der Waals surface area contributed by atoms with Crippen LogP contribution >= 0.6 is 0 Å². The van der Waals surface area contributed by atoms with Crippen LogP contribution in [0.15, 0.2) is 24.3 Å². The molecule has 0 aromatic heterocycles. The average Bonchev–Trinajstić information content (AvgIpc) is 2.40. The molecule has 0 saturated carbocycles. The summed E-state index contributed by atoms with van der Waals surface area (Å²) in [5.41, 5.74) is 1.22. The zero-order valence-corrected chi connectivity index (χ0v) is 11.3. The number of likely N-dealkylation sites (tertiary alicyclic amines) is 1. The highest BCUT2D eigenvalue weighted by Crippen LogP contribution is 2.01. The van der Waals surface area contributed by atoms with Gasteiger partial charge in [0.1, 0.15) is 12.4 Å². The minimum atomic E-state index is -0.143. The van der Waals surface area contributed by atoms with Gasteiger partial charge >= 0.3 is 0 Å². The Balaban J connectivity index is 1.70. The molecule has 0 radical (unpaired) electrons. The molecule has 3 N–H and O–H groups in total. The molecule has 3 heteroatoms. The largest absolute Gasteiger partial charge is 0.340 e. The van der Waals surface area contributed by atoms with E-state index in [2.05, 4.69) is 12.2 Å². The van der Waals surface area contributed by atoms with Crippen LogP contribution in [0.2, 0.25) is 0 Å². The van der Waals surface area contributed by atoms with Crippen molar-refractivity contribution in [3.05, 3.63) is 35.6 Å². The van der Waals surface area contributed by atoms with E-state index in [1.165, 1.54) is 44.5 Å². The number of hydrogen-bond donors (Lipinski definition) is 2. The summed E-state index contributed by atoms with van der Waals surface area (Å²) in [6.07, 6.45) is 3.92. The molecular weight excluding hydrogens is 227 g/mol. The molecule has 1 aliphatic heterocycles. The highest BCUT2D eigenvalue weighted by Gasteiger charge is 2.23. The molecule has 1 saturated heterocycles. The predicted octanol–water partition coefficient (Wildman–Crippen LogP) is 0.346. The molecule has 0 amide bonds. The maximum Gasteiger partial charge on any atom is 0.123 e. The van der Waals surface area contributed by atoms with E-state index in [1.807, 2.05) is 12.1 Å². The van der Waals surface area contributed by atoms with Gasteiger partial charge in [-0.3, -0.25) is 0 Å². The second-order valence-corrected chi connectivity index (χ2v) is 5.40. The van der Waals surface area contributed by atoms with Gasteiger partial charge in [0.25, 0.3) is 0 Å². The summed E-state index contributed by atoms with van der Waals surface area (Å²) in [7, 11) is 0. The minimum Gasteiger partial charge on any atom is -0.340 e. The van der Waals surface area contributed by atoms with Crippen molar-refractivity contribution < 1.29 is 14.6 Å². The number of hydrogen-bond acceptors (Lipinski definition) is 0. The number of quaternary nitrogens is 2. The van der Waals surface area contributed by atoms with Crippen molar-refractivity contribution in [3.63, 3.8) is 0 Å². The summed E-state index contributed by atoms with van der Waals surface area (Å²) in [5, 5.41) is 2.43. The third kappa shape index (κ3) is 4.07. The van der Waals surface area contributed by atoms with Crippen molar-refractivity contribution in [3.8, 4) is 0 Å². The number of halogens is 1. The van der Waals surface area contributed by atoms with E-state index in [9.17, 15) is 4.39 Å². The lowest BCUT2D eigenvalue weighted by molar-refractivity contribution is -0.913. The smallest absolute Gasteiger partial charge is 0.123 e. The van der Waals surface area contributed by atoms with Crippen LogP contribution in [0.5, 0.6) is 0 Å². The van der Waals surface area contributed by atoms with Gasteiger partial charge in [-0.1, -0.05) is 19.1 Å². The maximum atomic E-state index is 12.8. The first-order valence-corrected chi connectivity index (χ1v) is 7.19. The quantitative estimate of drug-likeness (QED) is 0.754. The van der Waals surface area contributed by atoms with Crippen molar-refractivity contribution in [1.82, 2.24) is 0 Å². The summed E-state index contributed by atoms with van der Waals surface area (Å²) in [6.45, 7) is 7.20. The van der Waals surface area contributed by atoms with E-state index in [0.717, 1.165) is 12.6 Å². The Morgan fingerprint density at radius 3 is 2.50 bits per heavy atom. The monoisotopic (exact) mass is 252 g/mol. The van der Waals surface area contributed by atoms with Crippen LogP contribution in [0.1, 0.15) is 31.7 Å². The molecule has 0 aliphatic carbocycles. The minimum absolute atomic E-state index is 0.143. The lowest BCUT2D eigenvalue weighted by Gasteiger charge is -2.27. The fourth-order valence-electron chi connectivity index (χ4n) is 2.81. The molecule has 1 heterocycles. The molecule has 1 aromatic rings. The predicted molar refractivity (Wildman–Crippen MR) is 70.9 cm³/mol. The molecule has 2 rings (SSSR count). The van der Waals surface area contributed by atoms with E-state index in [-0.39, 0.29) is 5.82 Å². The molecule has 18 heavy (non-hydrogen) atoms. The van der Waals surface area contributed by atoms with Crippen molar-refractivity contribution in [2.24, 2.45) is 0 Å². The lowest BCUT2D eigenvalue weighted by Crippen LogP contribution is -3.14. The second kappa shape index (κ2) is 6.86. The van der Waals surface area contributed by atoms with Crippen LogP contribution in [-0.2, 0) is 6.54 Å². The Morgan fingerprint density at radius 1 is 1.22 bits per heavy atom. The molecule has 0 unspecified atom stereocenters. The third-order valence-electron chi connectivity index (χ3n) is 3.94. The number of benzene rings is 1. The summed E-state index contributed by atoms with van der Waals surface area (Å²) >= 11 is 0. The molecule has 100 valence electrons. The van der Waals surface area contributed by atoms with Crippen LogP contribution in [0.3, 0.4) is 0 Å². The van der Waals surface area contributed by atoms with E-state index in [4.69, 9.17) is 0 Å². The van der Waals surface area contributed by atoms with Gasteiger partial charge in [0.15, 0.2) is 0 Å². The van der Waals surface area contributed by atoms with Crippen molar-refractivity contribution in [2.45, 2.75) is 38.8 Å². The first-order valence-electron chi connectivity index (χ1n) is 7.19. The van der Waals surface area contributed by atoms with Gasteiger partial charge in [-0.2, -0.15) is 0 Å². The Kier molecular flexibility index (Phi) is 5.14. The zero-order valence-electron chi connectivity index (χ0n) is 11.3. The van der Waals surface area contributed by atoms with Crippen molar-refractivity contribution >= 4 is 0 Å². The Bertz CT molecular complexity index is 342. The second-order valence-electron chi connectivity index (χ2n) is 5.40. The van der Waals surface area contributed by atoms with E-state index in [0.29, 0.717) is 0 Å². The first-order chi connectivity index (χ1) is 8.78. The molecule has 1 aliphatic rings. The zero-order chi connectivity index (χ0) is 12.8. The van der Waals surface area contributed by atoms with E-state index in [1.54, 1.807) is 17.0 Å². The fourth-order valence-corrected chi connectivity index (χ4v) is 2.81. The van der Waals surface area contributed by atoms with E-state index >= 15 is 0 Å². The Morgan fingerprint density at radius 2 is 1.89 bits per heavy atom. The fraction of sp³-hybridized carbons (Fsp3) is 0.600. The number of nitrogens with one attached hydrogen (secondary N) is 1. The summed E-state index contributed by atoms with van der Waals surface area (Å²) in [4.78, 5) is 1.77. The molecule has 1 aromatic carbocycles. The standard InChI is InChI=1S/C15H23FN2/c1-2-9-18-10-7-15(8-11-18)17-12-13-3-5-14(16)6-4-13/h3-6,15,17H,2,7-12H2,1H3/p+2. The maximum absolute atomic E-state index is 12.8. The van der Waals surface area contributed by atoms with Gasteiger partial charge in [0, 0.05) is 18.4 Å². The van der Waals surface area contributed by atoms with Gasteiger partial charge in [-0.05, 0) is 18.6 Å². The molecule has 0 spiro atoms. The molecule has 2 nitrogen and oxygen atoms in total. The summed E-state index contributed by atoms with van der Waals surface area (Å²) in [5.74, 6) is -0.143. The Hall–Kier alpha value is -0.930.